The first kappa shape index (κ1) is 31.6. The van der Waals surface area contributed by atoms with Gasteiger partial charge in [0.2, 0.25) is 11.6 Å². The molecule has 0 bridgehead atoms. The Morgan fingerprint density at radius 1 is 0.565 bits per heavy atom. The van der Waals surface area contributed by atoms with Crippen molar-refractivity contribution in [3.05, 3.63) is 105 Å². The van der Waals surface area contributed by atoms with E-state index in [9.17, 15) is 9.59 Å². The van der Waals surface area contributed by atoms with Gasteiger partial charge in [0, 0.05) is 33.3 Å². The molecule has 2 aromatic carbocycles. The molecule has 0 radical (unpaired) electrons. The fourth-order valence-electron chi connectivity index (χ4n) is 5.69. The largest absolute Gasteiger partial charge is 0.397 e. The number of fused-ring (bicyclic) bond motifs is 2. The number of nitrogen functional groups attached to an aromatic ring is 2. The predicted octanol–water partition coefficient (Wildman–Crippen LogP) is 9.66. The van der Waals surface area contributed by atoms with Crippen LogP contribution in [0.2, 0.25) is 0 Å². The Bertz CT molecular complexity index is 1880. The van der Waals surface area contributed by atoms with Crippen molar-refractivity contribution in [3.63, 3.8) is 0 Å². The van der Waals surface area contributed by atoms with Crippen LogP contribution in [0, 0.1) is 0 Å². The molecule has 0 unspecified atom stereocenters. The van der Waals surface area contributed by atoms with Crippen LogP contribution in [0.25, 0.3) is 31.6 Å². The highest BCUT2D eigenvalue weighted by atomic mass is 32.1. The number of carbonyl (C=O) groups is 2. The van der Waals surface area contributed by atoms with Crippen LogP contribution >= 0.6 is 22.7 Å². The lowest BCUT2D eigenvalue weighted by molar-refractivity contribution is 0.103. The normalized spacial score (nSPS) is 11.4. The van der Waals surface area contributed by atoms with E-state index in [0.717, 1.165) is 81.5 Å². The number of benzene rings is 2. The molecule has 4 heterocycles. The zero-order valence-corrected chi connectivity index (χ0v) is 27.9. The van der Waals surface area contributed by atoms with E-state index in [2.05, 4.69) is 13.8 Å². The summed E-state index contributed by atoms with van der Waals surface area (Å²) >= 11 is 2.72. The van der Waals surface area contributed by atoms with Gasteiger partial charge in [0.15, 0.2) is 0 Å². The Morgan fingerprint density at radius 2 is 0.957 bits per heavy atom. The number of aromatic nitrogens is 2. The van der Waals surface area contributed by atoms with Gasteiger partial charge in [-0.2, -0.15) is 0 Å². The molecular weight excluding hydrogens is 609 g/mol. The Hall–Kier alpha value is -4.40. The number of carbonyl (C=O) groups excluding carboxylic acids is 2. The van der Waals surface area contributed by atoms with E-state index < -0.39 is 0 Å². The molecule has 6 aromatic rings. The van der Waals surface area contributed by atoms with Crippen molar-refractivity contribution in [2.24, 2.45) is 0 Å². The molecule has 4 aromatic heterocycles. The van der Waals surface area contributed by atoms with Crippen LogP contribution in [-0.4, -0.2) is 21.5 Å². The molecular formula is C38H38N4O2S2. The zero-order valence-electron chi connectivity index (χ0n) is 26.3. The maximum absolute atomic E-state index is 13.5. The fraction of sp³-hybridized carbons (Fsp3) is 0.263. The summed E-state index contributed by atoms with van der Waals surface area (Å²) in [5.74, 6) is -0.215. The van der Waals surface area contributed by atoms with Crippen molar-refractivity contribution in [1.29, 1.82) is 0 Å². The average Bonchev–Trinajstić information content (AvgIpc) is 3.59. The number of hydrogen-bond donors (Lipinski definition) is 2. The molecule has 4 N–H and O–H groups in total. The summed E-state index contributed by atoms with van der Waals surface area (Å²) in [4.78, 5) is 39.1. The maximum Gasteiger partial charge on any atom is 0.205 e. The van der Waals surface area contributed by atoms with Gasteiger partial charge in [0.1, 0.15) is 19.4 Å². The first-order valence-corrected chi connectivity index (χ1v) is 17.7. The summed E-state index contributed by atoms with van der Waals surface area (Å²) in [6.07, 6.45) is 8.74. The molecule has 0 saturated carbocycles. The van der Waals surface area contributed by atoms with Crippen LogP contribution in [0.15, 0.2) is 72.8 Å². The van der Waals surface area contributed by atoms with Gasteiger partial charge in [-0.05, 0) is 61.1 Å². The van der Waals surface area contributed by atoms with E-state index in [0.29, 0.717) is 32.3 Å². The van der Waals surface area contributed by atoms with E-state index >= 15 is 0 Å². The van der Waals surface area contributed by atoms with E-state index in [1.165, 1.54) is 35.5 Å². The molecule has 8 heteroatoms. The first-order chi connectivity index (χ1) is 22.4. The third-order valence-corrected chi connectivity index (χ3v) is 10.6. The number of aryl methyl sites for hydroxylation is 2. The molecule has 6 nitrogen and oxygen atoms in total. The number of thiophene rings is 2. The number of pyridine rings is 2. The van der Waals surface area contributed by atoms with Crippen LogP contribution in [0.3, 0.4) is 0 Å². The molecule has 0 aliphatic rings. The third-order valence-electron chi connectivity index (χ3n) is 8.42. The topological polar surface area (TPSA) is 112 Å². The monoisotopic (exact) mass is 646 g/mol. The summed E-state index contributed by atoms with van der Waals surface area (Å²) in [6, 6.07) is 23.0. The van der Waals surface area contributed by atoms with Gasteiger partial charge in [-0.1, -0.05) is 88.1 Å². The molecule has 0 aliphatic carbocycles. The highest BCUT2D eigenvalue weighted by Gasteiger charge is 2.21. The molecule has 0 saturated heterocycles. The minimum Gasteiger partial charge on any atom is -0.397 e. The minimum absolute atomic E-state index is 0.107. The molecule has 0 atom stereocenters. The predicted molar refractivity (Wildman–Crippen MR) is 193 cm³/mol. The maximum atomic E-state index is 13.5. The lowest BCUT2D eigenvalue weighted by Crippen LogP contribution is -2.02. The lowest BCUT2D eigenvalue weighted by Gasteiger charge is -2.06. The first-order valence-electron chi connectivity index (χ1n) is 16.0. The number of nitrogens with two attached hydrogens (primary N) is 2. The fourth-order valence-corrected chi connectivity index (χ4v) is 7.84. The number of hydrogen-bond acceptors (Lipinski definition) is 8. The summed E-state index contributed by atoms with van der Waals surface area (Å²) in [6.45, 7) is 4.37. The SMILES string of the molecule is CCCCCc1ccc2c(N)c(C(=O)c3ccc(-c4ccc(C(=O)c5sc6nc(CCCCC)ccc6c5N)cc4)cc3)sc2n1. The van der Waals surface area contributed by atoms with Crippen LogP contribution in [0.1, 0.15) is 94.2 Å². The van der Waals surface area contributed by atoms with Gasteiger partial charge >= 0.3 is 0 Å². The van der Waals surface area contributed by atoms with E-state index in [-0.39, 0.29) is 11.6 Å². The van der Waals surface area contributed by atoms with Crippen LogP contribution in [-0.2, 0) is 12.8 Å². The molecule has 0 aliphatic heterocycles. The number of ketones is 2. The Kier molecular flexibility index (Phi) is 9.56. The highest BCUT2D eigenvalue weighted by Crippen LogP contribution is 2.36. The quantitative estimate of drug-likeness (QED) is 0.0954. The highest BCUT2D eigenvalue weighted by molar-refractivity contribution is 7.21. The summed E-state index contributed by atoms with van der Waals surface area (Å²) < 4.78 is 0. The summed E-state index contributed by atoms with van der Waals surface area (Å²) in [5, 5.41) is 1.67. The van der Waals surface area contributed by atoms with Gasteiger partial charge in [-0.3, -0.25) is 9.59 Å². The van der Waals surface area contributed by atoms with Crippen molar-refractivity contribution >= 4 is 66.0 Å². The van der Waals surface area contributed by atoms with Gasteiger partial charge in [0.25, 0.3) is 0 Å². The van der Waals surface area contributed by atoms with Crippen molar-refractivity contribution in [2.45, 2.75) is 65.2 Å². The second-order valence-electron chi connectivity index (χ2n) is 11.7. The number of rotatable bonds is 13. The zero-order chi connectivity index (χ0) is 32.2. The number of anilines is 2. The molecule has 46 heavy (non-hydrogen) atoms. The third kappa shape index (κ3) is 6.46. The molecule has 0 amide bonds. The molecule has 234 valence electrons. The van der Waals surface area contributed by atoms with Gasteiger partial charge in [0.05, 0.1) is 11.4 Å². The van der Waals surface area contributed by atoms with E-state index in [1.54, 1.807) is 0 Å². The molecule has 0 spiro atoms. The van der Waals surface area contributed by atoms with Crippen LogP contribution in [0.5, 0.6) is 0 Å². The van der Waals surface area contributed by atoms with Crippen LogP contribution in [0.4, 0.5) is 11.4 Å². The smallest absolute Gasteiger partial charge is 0.205 e. The van der Waals surface area contributed by atoms with Crippen molar-refractivity contribution in [2.75, 3.05) is 11.5 Å². The Labute approximate surface area is 277 Å². The average molecular weight is 647 g/mol. The van der Waals surface area contributed by atoms with Gasteiger partial charge in [-0.25, -0.2) is 9.97 Å². The summed E-state index contributed by atoms with van der Waals surface area (Å²) in [7, 11) is 0. The minimum atomic E-state index is -0.107. The standard InChI is InChI=1S/C38H38N4O2S2/c1-3-5-7-9-27-19-21-29-31(39)35(45-37(29)41-27)33(43)25-15-11-23(12-16-25)24-13-17-26(18-14-24)34(44)36-32(40)30-22-20-28(10-8-6-4-2)42-38(30)46-36/h11-22H,3-10,39-40H2,1-2H3. The van der Waals surface area contributed by atoms with Crippen molar-refractivity contribution < 1.29 is 9.59 Å². The van der Waals surface area contributed by atoms with Gasteiger partial charge < -0.3 is 11.5 Å². The number of unbranched alkanes of at least 4 members (excludes halogenated alkanes) is 4. The Morgan fingerprint density at radius 3 is 1.33 bits per heavy atom. The Balaban J connectivity index is 1.16. The van der Waals surface area contributed by atoms with Crippen molar-refractivity contribution in [3.8, 4) is 11.1 Å². The van der Waals surface area contributed by atoms with Gasteiger partial charge in [-0.15, -0.1) is 22.7 Å². The second kappa shape index (κ2) is 13.9. The second-order valence-corrected chi connectivity index (χ2v) is 13.7. The van der Waals surface area contributed by atoms with E-state index in [1.807, 2.05) is 72.8 Å². The van der Waals surface area contributed by atoms with E-state index in [4.69, 9.17) is 21.4 Å². The van der Waals surface area contributed by atoms with Crippen molar-refractivity contribution in [1.82, 2.24) is 9.97 Å². The number of nitrogens with zero attached hydrogens (tertiary/aromatic N) is 2. The molecule has 0 fully saturated rings. The lowest BCUT2D eigenvalue weighted by atomic mass is 9.99. The summed E-state index contributed by atoms with van der Waals surface area (Å²) in [5.41, 5.74) is 18.9. The van der Waals surface area contributed by atoms with Crippen LogP contribution < -0.4 is 11.5 Å². The molecule has 6 rings (SSSR count).